The number of allylic oxidation sites excluding steroid dienone is 5. The summed E-state index contributed by atoms with van der Waals surface area (Å²) in [5, 5.41) is 27.7. The lowest BCUT2D eigenvalue weighted by Gasteiger charge is -2.15. The zero-order chi connectivity index (χ0) is 41.8. The number of esters is 2. The Bertz CT molecular complexity index is 1630. The molecule has 1 fully saturated rings. The van der Waals surface area contributed by atoms with Gasteiger partial charge in [0, 0.05) is 37.5 Å². The summed E-state index contributed by atoms with van der Waals surface area (Å²) in [6, 6.07) is 19.6. The van der Waals surface area contributed by atoms with Gasteiger partial charge in [-0.15, -0.1) is 0 Å². The van der Waals surface area contributed by atoms with Gasteiger partial charge in [-0.25, -0.2) is 0 Å². The summed E-state index contributed by atoms with van der Waals surface area (Å²) < 4.78 is 14.6. The molecule has 0 aromatic heterocycles. The highest BCUT2D eigenvalue weighted by molar-refractivity contribution is 6.16. The smallest absolute Gasteiger partial charge is 0.543 e. The van der Waals surface area contributed by atoms with Crippen molar-refractivity contribution in [3.8, 4) is 0 Å². The van der Waals surface area contributed by atoms with E-state index in [1.807, 2.05) is 125 Å². The summed E-state index contributed by atoms with van der Waals surface area (Å²) in [5.74, 6) is -0.516. The molecule has 57 heavy (non-hydrogen) atoms. The van der Waals surface area contributed by atoms with Crippen LogP contribution in [0, 0.1) is 11.8 Å². The first-order chi connectivity index (χ1) is 27.4. The molecule has 10 nitrogen and oxygen atoms in total. The number of aliphatic hydroxyl groups is 2. The Morgan fingerprint density at radius 3 is 1.82 bits per heavy atom. The lowest BCUT2D eigenvalue weighted by Crippen LogP contribution is -2.17. The fourth-order valence-corrected chi connectivity index (χ4v) is 5.98. The zero-order valence-electron chi connectivity index (χ0n) is 33.8. The molecule has 3 N–H and O–H groups in total. The average Bonchev–Trinajstić information content (AvgIpc) is 3.64. The van der Waals surface area contributed by atoms with Crippen molar-refractivity contribution in [2.75, 3.05) is 0 Å². The van der Waals surface area contributed by atoms with Gasteiger partial charge in [-0.3, -0.25) is 19.2 Å². The SMILES string of the molecule is CC(C)OC(=O)CCC/C=C\CC1=C[C@H](O)CC1=O.CC(C)OC(=O)CCC/C=C\C[C@H]1C(=O)C[C@@H](O)[C@@H]1/C=C/c1ccccc1.O[B]O/C=C/c1ccccc1. The number of rotatable bonds is 19. The number of benzene rings is 2. The van der Waals surface area contributed by atoms with E-state index in [9.17, 15) is 29.4 Å². The average molecular weight is 784 g/mol. The minimum atomic E-state index is -0.610. The van der Waals surface area contributed by atoms with Gasteiger partial charge in [0.1, 0.15) is 5.78 Å². The maximum Gasteiger partial charge on any atom is 0.569 e. The van der Waals surface area contributed by atoms with E-state index in [0.717, 1.165) is 36.8 Å². The molecule has 0 unspecified atom stereocenters. The number of carbonyl (C=O) groups excluding carboxylic acids is 4. The van der Waals surface area contributed by atoms with Crippen molar-refractivity contribution in [2.45, 2.75) is 116 Å². The van der Waals surface area contributed by atoms with Crippen molar-refractivity contribution >= 4 is 43.3 Å². The highest BCUT2D eigenvalue weighted by Gasteiger charge is 2.39. The molecular weight excluding hydrogens is 723 g/mol. The van der Waals surface area contributed by atoms with Crippen LogP contribution in [0.1, 0.15) is 103 Å². The van der Waals surface area contributed by atoms with E-state index in [1.165, 1.54) is 6.26 Å². The van der Waals surface area contributed by atoms with Gasteiger partial charge in [0.15, 0.2) is 5.78 Å². The molecule has 2 aromatic carbocycles. The second-order valence-corrected chi connectivity index (χ2v) is 14.3. The van der Waals surface area contributed by atoms with Crippen LogP contribution in [0.25, 0.3) is 12.2 Å². The first-order valence-electron chi connectivity index (χ1n) is 19.8. The summed E-state index contributed by atoms with van der Waals surface area (Å²) in [5.41, 5.74) is 2.78. The Kier molecular flexibility index (Phi) is 24.2. The normalized spacial score (nSPS) is 19.2. The van der Waals surface area contributed by atoms with Crippen molar-refractivity contribution < 1.29 is 48.5 Å². The molecule has 307 valence electrons. The van der Waals surface area contributed by atoms with Gasteiger partial charge in [-0.05, 0) is 95.1 Å². The molecule has 2 aliphatic carbocycles. The Morgan fingerprint density at radius 1 is 0.772 bits per heavy atom. The number of Topliss-reactive ketones (excluding diaryl/α,β-unsaturated/α-hetero) is 2. The Morgan fingerprint density at radius 2 is 1.32 bits per heavy atom. The summed E-state index contributed by atoms with van der Waals surface area (Å²) in [6.45, 7) is 7.35. The van der Waals surface area contributed by atoms with E-state index in [4.69, 9.17) is 14.5 Å². The molecule has 1 radical (unpaired) electrons. The van der Waals surface area contributed by atoms with Crippen LogP contribution >= 0.6 is 0 Å². The molecule has 2 aliphatic rings. The number of unbranched alkanes of at least 4 members (excludes halogenated alkanes) is 2. The van der Waals surface area contributed by atoms with Gasteiger partial charge in [-0.2, -0.15) is 0 Å². The number of aliphatic hydroxyl groups excluding tert-OH is 2. The fraction of sp³-hybridized carbons (Fsp3) is 0.435. The number of hydrogen-bond acceptors (Lipinski definition) is 10. The van der Waals surface area contributed by atoms with Gasteiger partial charge in [0.05, 0.1) is 30.7 Å². The third-order valence-electron chi connectivity index (χ3n) is 8.69. The Labute approximate surface area is 339 Å². The molecule has 1 saturated carbocycles. The quantitative estimate of drug-likeness (QED) is 0.0422. The number of ketones is 2. The monoisotopic (exact) mass is 783 g/mol. The number of carbonyl (C=O) groups is 4. The maximum absolute atomic E-state index is 12.2. The first-order valence-corrected chi connectivity index (χ1v) is 19.8. The van der Waals surface area contributed by atoms with Crippen LogP contribution in [0.5, 0.6) is 0 Å². The second kappa shape index (κ2) is 28.5. The van der Waals surface area contributed by atoms with Crippen molar-refractivity contribution in [1.82, 2.24) is 0 Å². The molecule has 2 aromatic rings. The van der Waals surface area contributed by atoms with E-state index < -0.39 is 12.2 Å². The van der Waals surface area contributed by atoms with Crippen LogP contribution < -0.4 is 0 Å². The minimum Gasteiger partial charge on any atom is -0.543 e. The van der Waals surface area contributed by atoms with E-state index in [2.05, 4.69) is 4.65 Å². The van der Waals surface area contributed by atoms with Crippen LogP contribution in [0.3, 0.4) is 0 Å². The third-order valence-corrected chi connectivity index (χ3v) is 8.69. The second-order valence-electron chi connectivity index (χ2n) is 14.3. The first kappa shape index (κ1) is 48.3. The van der Waals surface area contributed by atoms with Crippen LogP contribution in [0.4, 0.5) is 0 Å². The Hall–Kier alpha value is -4.84. The summed E-state index contributed by atoms with van der Waals surface area (Å²) >= 11 is 0. The van der Waals surface area contributed by atoms with Crippen LogP contribution in [-0.2, 0) is 33.3 Å². The minimum absolute atomic E-state index is 0.0256. The molecule has 0 aliphatic heterocycles. The molecule has 0 saturated heterocycles. The van der Waals surface area contributed by atoms with Crippen LogP contribution in [-0.4, -0.2) is 70.8 Å². The zero-order valence-corrected chi connectivity index (χ0v) is 33.8. The van der Waals surface area contributed by atoms with Crippen molar-refractivity contribution in [1.29, 1.82) is 0 Å². The maximum atomic E-state index is 12.2. The van der Waals surface area contributed by atoms with Gasteiger partial charge in [-0.1, -0.05) is 97.1 Å². The summed E-state index contributed by atoms with van der Waals surface area (Å²) in [7, 11) is 0.638. The van der Waals surface area contributed by atoms with E-state index in [1.54, 1.807) is 12.2 Å². The van der Waals surface area contributed by atoms with Gasteiger partial charge in [0.25, 0.3) is 0 Å². The fourth-order valence-electron chi connectivity index (χ4n) is 5.98. The molecule has 0 heterocycles. The highest BCUT2D eigenvalue weighted by Crippen LogP contribution is 2.33. The van der Waals surface area contributed by atoms with Gasteiger partial charge >= 0.3 is 19.6 Å². The van der Waals surface area contributed by atoms with Gasteiger partial charge < -0.3 is 29.4 Å². The number of hydrogen-bond donors (Lipinski definition) is 3. The predicted octanol–water partition coefficient (Wildman–Crippen LogP) is 7.85. The molecular formula is C46H60BO10. The topological polar surface area (TPSA) is 157 Å². The number of ether oxygens (including phenoxy) is 2. The lowest BCUT2D eigenvalue weighted by molar-refractivity contribution is -0.148. The lowest BCUT2D eigenvalue weighted by atomic mass is 9.90. The standard InChI is InChI=1S/C23H30O4.C15H22O4.C8H8BO2/c1-17(2)27-23(26)13-9-4-3-8-12-19-20(22(25)16-21(19)24)15-14-18-10-6-5-7-11-18;1-11(2)19-15(18)8-6-4-3-5-7-12-9-13(16)10-14(12)17;10-9-11-7-6-8-4-2-1-3-5-8/h3,5-8,10-11,14-15,17,19-20,22,25H,4,9,12-13,16H2,1-2H3;3,5,9,11,13,16H,4,6-8,10H2,1-2H3;1-7,10H/b8-3-,15-14+;5-3-;7-6+/t19-,20-,22-;13-;/m10./s1. The van der Waals surface area contributed by atoms with E-state index >= 15 is 0 Å². The molecule has 0 amide bonds. The van der Waals surface area contributed by atoms with Crippen molar-refractivity contribution in [2.24, 2.45) is 11.8 Å². The van der Waals surface area contributed by atoms with Crippen LogP contribution in [0.15, 0.2) is 109 Å². The van der Waals surface area contributed by atoms with E-state index in [-0.39, 0.29) is 60.4 Å². The molecule has 11 heteroatoms. The molecule has 0 bridgehead atoms. The molecule has 4 rings (SSSR count). The highest BCUT2D eigenvalue weighted by atomic mass is 16.5. The molecule has 0 spiro atoms. The summed E-state index contributed by atoms with van der Waals surface area (Å²) in [6.07, 6.45) is 20.8. The molecule has 4 atom stereocenters. The predicted molar refractivity (Wildman–Crippen MR) is 224 cm³/mol. The summed E-state index contributed by atoms with van der Waals surface area (Å²) in [4.78, 5) is 46.3. The van der Waals surface area contributed by atoms with Crippen LogP contribution in [0.2, 0.25) is 0 Å². The van der Waals surface area contributed by atoms with Crippen molar-refractivity contribution in [3.63, 3.8) is 0 Å². The van der Waals surface area contributed by atoms with Crippen molar-refractivity contribution in [3.05, 3.63) is 120 Å². The Balaban J connectivity index is 0.000000323. The van der Waals surface area contributed by atoms with Gasteiger partial charge in [0.2, 0.25) is 0 Å². The van der Waals surface area contributed by atoms with E-state index in [0.29, 0.717) is 38.9 Å². The largest absolute Gasteiger partial charge is 0.569 e. The third kappa shape index (κ3) is 21.9.